The van der Waals surface area contributed by atoms with Gasteiger partial charge in [-0.25, -0.2) is 0 Å². The van der Waals surface area contributed by atoms with Crippen molar-refractivity contribution in [2.75, 3.05) is 44.8 Å². The van der Waals surface area contributed by atoms with Crippen LogP contribution in [-0.2, 0) is 10.9 Å². The Morgan fingerprint density at radius 2 is 2.25 bits per heavy atom. The molecule has 0 bridgehead atoms. The van der Waals surface area contributed by atoms with Crippen LogP contribution in [0.15, 0.2) is 18.2 Å². The predicted molar refractivity (Wildman–Crippen MR) is 83.7 cm³/mol. The minimum atomic E-state index is -4.53. The van der Waals surface area contributed by atoms with Gasteiger partial charge in [-0.15, -0.1) is 0 Å². The number of methoxy groups -OCH3 is 1. The molecule has 0 spiro atoms. The summed E-state index contributed by atoms with van der Waals surface area (Å²) in [4.78, 5) is 1.99. The van der Waals surface area contributed by atoms with E-state index in [9.17, 15) is 13.2 Å². The van der Waals surface area contributed by atoms with Crippen LogP contribution in [0.3, 0.4) is 0 Å². The average molecular weight is 339 g/mol. The first-order chi connectivity index (χ1) is 11.4. The van der Waals surface area contributed by atoms with Gasteiger partial charge in [-0.2, -0.15) is 18.4 Å². The minimum absolute atomic E-state index is 0.0215. The molecule has 0 aliphatic carbocycles. The second-order valence-corrected chi connectivity index (χ2v) is 6.67. The molecular weight excluding hydrogens is 319 g/mol. The van der Waals surface area contributed by atoms with Crippen molar-refractivity contribution in [3.63, 3.8) is 0 Å². The summed E-state index contributed by atoms with van der Waals surface area (Å²) in [5.74, 6) is 0.344. The molecule has 0 amide bonds. The maximum atomic E-state index is 13.2. The third-order valence-electron chi connectivity index (χ3n) is 5.23. The van der Waals surface area contributed by atoms with Crippen LogP contribution in [0.25, 0.3) is 0 Å². The van der Waals surface area contributed by atoms with E-state index in [0.717, 1.165) is 25.6 Å². The maximum absolute atomic E-state index is 13.2. The number of nitrogens with one attached hydrogen (secondary N) is 1. The minimum Gasteiger partial charge on any atom is -0.384 e. The number of nitriles is 1. The topological polar surface area (TPSA) is 48.3 Å². The van der Waals surface area contributed by atoms with Gasteiger partial charge >= 0.3 is 6.18 Å². The number of hydrogen-bond acceptors (Lipinski definition) is 4. The molecule has 2 saturated heterocycles. The fraction of sp³-hybridized carbons (Fsp3) is 0.588. The van der Waals surface area contributed by atoms with Crippen LogP contribution in [0.1, 0.15) is 17.5 Å². The molecule has 1 N–H and O–H groups in total. The van der Waals surface area contributed by atoms with Crippen molar-refractivity contribution in [3.05, 3.63) is 29.3 Å². The molecule has 4 nitrogen and oxygen atoms in total. The Kier molecular flexibility index (Phi) is 4.45. The van der Waals surface area contributed by atoms with E-state index < -0.39 is 11.7 Å². The highest BCUT2D eigenvalue weighted by molar-refractivity contribution is 5.56. The molecule has 2 fully saturated rings. The normalized spacial score (nSPS) is 27.0. The number of fused-ring (bicyclic) bond motifs is 1. The summed E-state index contributed by atoms with van der Waals surface area (Å²) < 4.78 is 45.0. The van der Waals surface area contributed by atoms with Crippen molar-refractivity contribution in [2.45, 2.75) is 12.6 Å². The van der Waals surface area contributed by atoms with Crippen LogP contribution in [0, 0.1) is 22.7 Å². The smallest absolute Gasteiger partial charge is 0.384 e. The Morgan fingerprint density at radius 3 is 2.92 bits per heavy atom. The molecule has 3 rings (SSSR count). The Balaban J connectivity index is 1.92. The number of benzene rings is 1. The quantitative estimate of drug-likeness (QED) is 0.920. The maximum Gasteiger partial charge on any atom is 0.417 e. The van der Waals surface area contributed by atoms with Crippen molar-refractivity contribution in [2.24, 2.45) is 11.3 Å². The Bertz CT molecular complexity index is 651. The molecule has 2 atom stereocenters. The highest BCUT2D eigenvalue weighted by atomic mass is 19.4. The van der Waals surface area contributed by atoms with Gasteiger partial charge in [-0.05, 0) is 37.1 Å². The summed E-state index contributed by atoms with van der Waals surface area (Å²) in [7, 11) is 1.67. The number of rotatable bonds is 3. The zero-order chi connectivity index (χ0) is 17.4. The van der Waals surface area contributed by atoms with E-state index in [0.29, 0.717) is 31.3 Å². The van der Waals surface area contributed by atoms with Gasteiger partial charge in [-0.1, -0.05) is 0 Å². The number of piperidine rings is 1. The molecular formula is C17H20F3N3O. The summed E-state index contributed by atoms with van der Waals surface area (Å²) in [5, 5.41) is 12.3. The van der Waals surface area contributed by atoms with Crippen LogP contribution in [0.4, 0.5) is 18.9 Å². The Hall–Kier alpha value is -1.78. The van der Waals surface area contributed by atoms with Crippen molar-refractivity contribution in [1.82, 2.24) is 5.32 Å². The lowest BCUT2D eigenvalue weighted by atomic mass is 9.74. The van der Waals surface area contributed by atoms with Gasteiger partial charge in [0.15, 0.2) is 0 Å². The zero-order valence-corrected chi connectivity index (χ0v) is 13.5. The lowest BCUT2D eigenvalue weighted by Gasteiger charge is -2.38. The Labute approximate surface area is 139 Å². The molecule has 7 heteroatoms. The van der Waals surface area contributed by atoms with Crippen LogP contribution < -0.4 is 10.2 Å². The van der Waals surface area contributed by atoms with E-state index in [2.05, 4.69) is 5.32 Å². The molecule has 1 aromatic carbocycles. The van der Waals surface area contributed by atoms with Crippen LogP contribution in [0.5, 0.6) is 0 Å². The Morgan fingerprint density at radius 1 is 1.46 bits per heavy atom. The first kappa shape index (κ1) is 17.1. The molecule has 1 aromatic rings. The molecule has 2 aliphatic rings. The van der Waals surface area contributed by atoms with E-state index in [-0.39, 0.29) is 11.0 Å². The molecule has 0 saturated carbocycles. The molecule has 2 aliphatic heterocycles. The summed E-state index contributed by atoms with van der Waals surface area (Å²) in [6.45, 7) is 3.73. The monoisotopic (exact) mass is 339 g/mol. The van der Waals surface area contributed by atoms with Crippen LogP contribution in [-0.4, -0.2) is 39.9 Å². The highest BCUT2D eigenvalue weighted by Crippen LogP contribution is 2.43. The number of alkyl halides is 3. The number of ether oxygens (including phenoxy) is 1. The summed E-state index contributed by atoms with van der Waals surface area (Å²) in [6, 6.07) is 5.61. The SMILES string of the molecule is COCC12CCNCC1CN(c1ccc(C#N)c(C(F)(F)F)c1)C2. The summed E-state index contributed by atoms with van der Waals surface area (Å²) in [6.07, 6.45) is -3.58. The summed E-state index contributed by atoms with van der Waals surface area (Å²) >= 11 is 0. The first-order valence-electron chi connectivity index (χ1n) is 7.95. The standard InChI is InChI=1S/C17H20F3N3O/c1-24-11-16-4-5-22-8-13(16)9-23(10-16)14-3-2-12(7-21)15(6-14)17(18,19)20/h2-3,6,13,22H,4-5,8-11H2,1H3. The molecule has 130 valence electrons. The fourth-order valence-electron chi connectivity index (χ4n) is 3.99. The first-order valence-corrected chi connectivity index (χ1v) is 7.95. The van der Waals surface area contributed by atoms with Gasteiger partial charge < -0.3 is 15.0 Å². The van der Waals surface area contributed by atoms with E-state index >= 15 is 0 Å². The molecule has 24 heavy (non-hydrogen) atoms. The van der Waals surface area contributed by atoms with E-state index in [1.165, 1.54) is 6.07 Å². The largest absolute Gasteiger partial charge is 0.417 e. The van der Waals surface area contributed by atoms with E-state index in [4.69, 9.17) is 10.00 Å². The third kappa shape index (κ3) is 2.96. The predicted octanol–water partition coefficient (Wildman–Crippen LogP) is 2.64. The highest BCUT2D eigenvalue weighted by Gasteiger charge is 2.48. The molecule has 2 unspecified atom stereocenters. The number of nitrogens with zero attached hydrogens (tertiary/aromatic N) is 2. The number of anilines is 1. The molecule has 0 aromatic heterocycles. The van der Waals surface area contributed by atoms with Crippen molar-refractivity contribution < 1.29 is 17.9 Å². The number of hydrogen-bond donors (Lipinski definition) is 1. The third-order valence-corrected chi connectivity index (χ3v) is 5.23. The van der Waals surface area contributed by atoms with Gasteiger partial charge in [0, 0.05) is 37.8 Å². The van der Waals surface area contributed by atoms with Crippen molar-refractivity contribution >= 4 is 5.69 Å². The summed E-state index contributed by atoms with van der Waals surface area (Å²) in [5.41, 5.74) is -0.703. The van der Waals surface area contributed by atoms with Crippen LogP contribution in [0.2, 0.25) is 0 Å². The second kappa shape index (κ2) is 6.26. The van der Waals surface area contributed by atoms with Gasteiger partial charge in [0.2, 0.25) is 0 Å². The fourth-order valence-corrected chi connectivity index (χ4v) is 3.99. The lowest BCUT2D eigenvalue weighted by molar-refractivity contribution is -0.137. The van der Waals surface area contributed by atoms with Gasteiger partial charge in [0.25, 0.3) is 0 Å². The number of halogens is 3. The van der Waals surface area contributed by atoms with Gasteiger partial charge in [-0.3, -0.25) is 0 Å². The second-order valence-electron chi connectivity index (χ2n) is 6.67. The average Bonchev–Trinajstić information content (AvgIpc) is 2.93. The van der Waals surface area contributed by atoms with E-state index in [1.807, 2.05) is 4.90 Å². The molecule has 2 heterocycles. The van der Waals surface area contributed by atoms with Crippen LogP contribution >= 0.6 is 0 Å². The van der Waals surface area contributed by atoms with Crippen molar-refractivity contribution in [3.8, 4) is 6.07 Å². The molecule has 0 radical (unpaired) electrons. The lowest BCUT2D eigenvalue weighted by Crippen LogP contribution is -2.47. The van der Waals surface area contributed by atoms with E-state index in [1.54, 1.807) is 19.2 Å². The van der Waals surface area contributed by atoms with Gasteiger partial charge in [0.05, 0.1) is 23.8 Å². The van der Waals surface area contributed by atoms with Crippen molar-refractivity contribution in [1.29, 1.82) is 5.26 Å². The van der Waals surface area contributed by atoms with Gasteiger partial charge in [0.1, 0.15) is 0 Å². The zero-order valence-electron chi connectivity index (χ0n) is 13.5.